The summed E-state index contributed by atoms with van der Waals surface area (Å²) >= 11 is 0. The maximum Gasteiger partial charge on any atom is 0.180 e. The van der Waals surface area contributed by atoms with Crippen LogP contribution in [-0.4, -0.2) is 27.3 Å². The van der Waals surface area contributed by atoms with Crippen LogP contribution >= 0.6 is 0 Å². The molecule has 0 bridgehead atoms. The Hall–Kier alpha value is -3.73. The molecule has 0 aliphatic rings. The van der Waals surface area contributed by atoms with Gasteiger partial charge in [0.25, 0.3) is 0 Å². The number of methoxy groups -OCH3 is 1. The van der Waals surface area contributed by atoms with Crippen LogP contribution in [0.1, 0.15) is 17.0 Å². The van der Waals surface area contributed by atoms with Crippen molar-refractivity contribution in [1.29, 1.82) is 0 Å². The number of rotatable bonds is 5. The second-order valence-electron chi connectivity index (χ2n) is 5.94. The zero-order valence-electron chi connectivity index (χ0n) is 14.9. The molecule has 1 aromatic heterocycles. The van der Waals surface area contributed by atoms with E-state index in [0.29, 0.717) is 5.82 Å². The van der Waals surface area contributed by atoms with E-state index in [9.17, 15) is 0 Å². The zero-order valence-corrected chi connectivity index (χ0v) is 14.9. The smallest absolute Gasteiger partial charge is 0.180 e. The van der Waals surface area contributed by atoms with E-state index in [-0.39, 0.29) is 0 Å². The molecule has 0 saturated heterocycles. The maximum absolute atomic E-state index is 5.32. The molecule has 0 atom stereocenters. The molecule has 5 nitrogen and oxygen atoms in total. The zero-order chi connectivity index (χ0) is 18.5. The van der Waals surface area contributed by atoms with Gasteiger partial charge in [-0.05, 0) is 45.3 Å². The van der Waals surface area contributed by atoms with Crippen molar-refractivity contribution in [3.63, 3.8) is 0 Å². The normalized spacial score (nSPS) is 10.4. The van der Waals surface area contributed by atoms with Crippen LogP contribution in [0.15, 0.2) is 84.9 Å². The standard InChI is InChI=1S/C22H18N4O/c1-27-20-14-8-13-19(15-20)26-22(23-24-25-26)16-21(17-9-4-2-5-10-17)18-11-6-3-7-12-18/h2-16H,1H3. The molecule has 0 aliphatic heterocycles. The molecular weight excluding hydrogens is 336 g/mol. The Morgan fingerprint density at radius 3 is 2.15 bits per heavy atom. The first-order chi connectivity index (χ1) is 13.3. The van der Waals surface area contributed by atoms with Crippen LogP contribution in [0.4, 0.5) is 0 Å². The van der Waals surface area contributed by atoms with Crippen LogP contribution in [0.2, 0.25) is 0 Å². The van der Waals surface area contributed by atoms with E-state index < -0.39 is 0 Å². The highest BCUT2D eigenvalue weighted by molar-refractivity contribution is 5.90. The second kappa shape index (κ2) is 7.66. The fourth-order valence-electron chi connectivity index (χ4n) is 2.91. The average Bonchev–Trinajstić information content (AvgIpc) is 3.21. The average molecular weight is 354 g/mol. The molecule has 5 heteroatoms. The molecule has 132 valence electrons. The Morgan fingerprint density at radius 2 is 1.52 bits per heavy atom. The summed E-state index contributed by atoms with van der Waals surface area (Å²) in [5.41, 5.74) is 4.09. The number of tetrazole rings is 1. The van der Waals surface area contributed by atoms with Gasteiger partial charge in [-0.15, -0.1) is 5.10 Å². The van der Waals surface area contributed by atoms with Gasteiger partial charge in [0, 0.05) is 6.07 Å². The molecule has 4 rings (SSSR count). The largest absolute Gasteiger partial charge is 0.497 e. The summed E-state index contributed by atoms with van der Waals surface area (Å²) in [4.78, 5) is 0. The maximum atomic E-state index is 5.32. The summed E-state index contributed by atoms with van der Waals surface area (Å²) in [6.45, 7) is 0. The third-order valence-electron chi connectivity index (χ3n) is 4.23. The highest BCUT2D eigenvalue weighted by atomic mass is 16.5. The lowest BCUT2D eigenvalue weighted by Crippen LogP contribution is -2.01. The topological polar surface area (TPSA) is 52.8 Å². The van der Waals surface area contributed by atoms with E-state index in [4.69, 9.17) is 4.74 Å². The number of nitrogens with zero attached hydrogens (tertiary/aromatic N) is 4. The molecule has 4 aromatic rings. The fraction of sp³-hybridized carbons (Fsp3) is 0.0455. The van der Waals surface area contributed by atoms with E-state index in [1.165, 1.54) is 0 Å². The van der Waals surface area contributed by atoms with Crippen LogP contribution in [0.5, 0.6) is 5.75 Å². The Labute approximate surface area is 157 Å². The lowest BCUT2D eigenvalue weighted by molar-refractivity contribution is 0.414. The Kier molecular flexibility index (Phi) is 4.74. The summed E-state index contributed by atoms with van der Waals surface area (Å²) in [6.07, 6.45) is 2.00. The number of hydrogen-bond donors (Lipinski definition) is 0. The summed E-state index contributed by atoms with van der Waals surface area (Å²) in [6, 6.07) is 28.1. The van der Waals surface area contributed by atoms with Gasteiger partial charge in [-0.1, -0.05) is 66.7 Å². The molecule has 0 saturated carbocycles. The van der Waals surface area contributed by atoms with E-state index in [2.05, 4.69) is 39.8 Å². The first kappa shape index (κ1) is 16.7. The SMILES string of the molecule is COc1cccc(-n2nnnc2C=C(c2ccccc2)c2ccccc2)c1. The lowest BCUT2D eigenvalue weighted by Gasteiger charge is -2.09. The molecule has 0 spiro atoms. The van der Waals surface area contributed by atoms with Crippen molar-refractivity contribution in [2.45, 2.75) is 0 Å². The molecule has 0 aliphatic carbocycles. The van der Waals surface area contributed by atoms with Gasteiger partial charge in [0.05, 0.1) is 12.8 Å². The van der Waals surface area contributed by atoms with Crippen molar-refractivity contribution in [2.24, 2.45) is 0 Å². The number of benzene rings is 3. The van der Waals surface area contributed by atoms with Crippen LogP contribution in [0, 0.1) is 0 Å². The molecule has 0 radical (unpaired) electrons. The third kappa shape index (κ3) is 3.62. The molecule has 0 unspecified atom stereocenters. The van der Waals surface area contributed by atoms with Gasteiger partial charge in [0.1, 0.15) is 5.75 Å². The Morgan fingerprint density at radius 1 is 0.852 bits per heavy atom. The third-order valence-corrected chi connectivity index (χ3v) is 4.23. The van der Waals surface area contributed by atoms with E-state index in [1.54, 1.807) is 11.8 Å². The Balaban J connectivity index is 1.84. The first-order valence-corrected chi connectivity index (χ1v) is 8.60. The minimum absolute atomic E-state index is 0.644. The first-order valence-electron chi connectivity index (χ1n) is 8.60. The molecule has 0 fully saturated rings. The summed E-state index contributed by atoms with van der Waals surface area (Å²) in [7, 11) is 1.64. The van der Waals surface area contributed by atoms with Crippen molar-refractivity contribution >= 4 is 11.6 Å². The van der Waals surface area contributed by atoms with Gasteiger partial charge < -0.3 is 4.74 Å². The van der Waals surface area contributed by atoms with Gasteiger partial charge >= 0.3 is 0 Å². The predicted octanol–water partition coefficient (Wildman–Crippen LogP) is 4.26. The van der Waals surface area contributed by atoms with Crippen molar-refractivity contribution in [2.75, 3.05) is 7.11 Å². The van der Waals surface area contributed by atoms with Crippen LogP contribution in [0.25, 0.3) is 17.3 Å². The van der Waals surface area contributed by atoms with Gasteiger partial charge in [-0.25, -0.2) is 0 Å². The minimum atomic E-state index is 0.644. The fourth-order valence-corrected chi connectivity index (χ4v) is 2.91. The quantitative estimate of drug-likeness (QED) is 0.537. The van der Waals surface area contributed by atoms with Gasteiger partial charge in [-0.2, -0.15) is 4.68 Å². The van der Waals surface area contributed by atoms with E-state index in [1.807, 2.05) is 66.7 Å². The summed E-state index contributed by atoms with van der Waals surface area (Å²) < 4.78 is 7.02. The van der Waals surface area contributed by atoms with Crippen molar-refractivity contribution in [3.8, 4) is 11.4 Å². The molecular formula is C22H18N4O. The number of ether oxygens (including phenoxy) is 1. The van der Waals surface area contributed by atoms with Gasteiger partial charge in [0.2, 0.25) is 0 Å². The minimum Gasteiger partial charge on any atom is -0.497 e. The Bertz CT molecular complexity index is 1010. The second-order valence-corrected chi connectivity index (χ2v) is 5.94. The monoisotopic (exact) mass is 354 g/mol. The lowest BCUT2D eigenvalue weighted by atomic mass is 9.97. The van der Waals surface area contributed by atoms with Gasteiger partial charge in [0.15, 0.2) is 5.82 Å². The molecule has 0 N–H and O–H groups in total. The number of aromatic nitrogens is 4. The van der Waals surface area contributed by atoms with E-state index in [0.717, 1.165) is 28.1 Å². The van der Waals surface area contributed by atoms with Crippen molar-refractivity contribution in [3.05, 3.63) is 102 Å². The predicted molar refractivity (Wildman–Crippen MR) is 106 cm³/mol. The number of hydrogen-bond acceptors (Lipinski definition) is 4. The van der Waals surface area contributed by atoms with Crippen LogP contribution in [0.3, 0.4) is 0 Å². The van der Waals surface area contributed by atoms with Crippen molar-refractivity contribution in [1.82, 2.24) is 20.2 Å². The van der Waals surface area contributed by atoms with Crippen molar-refractivity contribution < 1.29 is 4.74 Å². The van der Waals surface area contributed by atoms with Crippen LogP contribution < -0.4 is 4.74 Å². The highest BCUT2D eigenvalue weighted by Crippen LogP contribution is 2.26. The highest BCUT2D eigenvalue weighted by Gasteiger charge is 2.11. The summed E-state index contributed by atoms with van der Waals surface area (Å²) in [5, 5.41) is 12.3. The molecule has 1 heterocycles. The molecule has 27 heavy (non-hydrogen) atoms. The van der Waals surface area contributed by atoms with Crippen LogP contribution in [-0.2, 0) is 0 Å². The van der Waals surface area contributed by atoms with E-state index >= 15 is 0 Å². The molecule has 3 aromatic carbocycles. The van der Waals surface area contributed by atoms with Gasteiger partial charge in [-0.3, -0.25) is 0 Å². The molecule has 0 amide bonds. The summed E-state index contributed by atoms with van der Waals surface area (Å²) in [5.74, 6) is 1.40.